The fourth-order valence-electron chi connectivity index (χ4n) is 6.23. The Balaban J connectivity index is 1.19. The lowest BCUT2D eigenvalue weighted by Crippen LogP contribution is -2.60. The number of ether oxygens (including phenoxy) is 7. The average molecular weight is 861 g/mol. The average Bonchev–Trinajstić information content (AvgIpc) is 3.14. The zero-order valence-corrected chi connectivity index (χ0v) is 40.3. The van der Waals surface area contributed by atoms with Crippen molar-refractivity contribution in [1.29, 1.82) is 0 Å². The molecule has 14 heteroatoms. The van der Waals surface area contributed by atoms with Crippen molar-refractivity contribution in [1.82, 2.24) is 0 Å². The standard InChI is InChI=1S/C43H72O10Si4/c1-54(2,3)51-57(52-55(4,5)6,53-56(7,8)9)39-19-26-44-27-28-45-29-30-46-31-32-47-33-34-48-35-36-49-37-38-50-43(40-20-13-10-14-21-40,41-22-15-11-16-23-41)42-24-17-12-18-25-42/h10-18,20-25H,19,26-39H2,1-9H3. The van der Waals surface area contributed by atoms with E-state index in [9.17, 15) is 0 Å². The van der Waals surface area contributed by atoms with Gasteiger partial charge in [-0.3, -0.25) is 0 Å². The summed E-state index contributed by atoms with van der Waals surface area (Å²) in [5.74, 6) is 0. The third kappa shape index (κ3) is 20.3. The van der Waals surface area contributed by atoms with Crippen LogP contribution in [0.15, 0.2) is 91.0 Å². The highest BCUT2D eigenvalue weighted by Crippen LogP contribution is 2.40. The monoisotopic (exact) mass is 860 g/mol. The summed E-state index contributed by atoms with van der Waals surface area (Å²) in [7, 11) is -8.44. The summed E-state index contributed by atoms with van der Waals surface area (Å²) in [6.45, 7) is 26.4. The smallest absolute Gasteiger partial charge is 0.417 e. The largest absolute Gasteiger partial charge is 0.469 e. The zero-order chi connectivity index (χ0) is 41.5. The van der Waals surface area contributed by atoms with Gasteiger partial charge in [0.05, 0.1) is 79.3 Å². The van der Waals surface area contributed by atoms with Crippen LogP contribution < -0.4 is 0 Å². The highest BCUT2D eigenvalue weighted by atomic mass is 28.5. The van der Waals surface area contributed by atoms with E-state index in [4.69, 9.17) is 45.5 Å². The van der Waals surface area contributed by atoms with Crippen molar-refractivity contribution >= 4 is 33.8 Å². The van der Waals surface area contributed by atoms with Gasteiger partial charge in [0.25, 0.3) is 0 Å². The van der Waals surface area contributed by atoms with Crippen molar-refractivity contribution < 1.29 is 45.5 Å². The van der Waals surface area contributed by atoms with Gasteiger partial charge in [0, 0.05) is 12.7 Å². The Morgan fingerprint density at radius 2 is 0.614 bits per heavy atom. The van der Waals surface area contributed by atoms with Crippen LogP contribution in [-0.2, 0) is 51.1 Å². The fourth-order valence-corrected chi connectivity index (χ4v) is 20.9. The maximum atomic E-state index is 6.75. The topological polar surface area (TPSA) is 92.3 Å². The Bertz CT molecular complexity index is 1310. The molecule has 3 rings (SSSR count). The molecule has 0 amide bonds. The van der Waals surface area contributed by atoms with Crippen molar-refractivity contribution in [3.05, 3.63) is 108 Å². The molecule has 0 spiro atoms. The summed E-state index contributed by atoms with van der Waals surface area (Å²) in [4.78, 5) is 0. The molecule has 0 aromatic heterocycles. The van der Waals surface area contributed by atoms with Gasteiger partial charge in [-0.2, -0.15) is 0 Å². The lowest BCUT2D eigenvalue weighted by atomic mass is 9.80. The summed E-state index contributed by atoms with van der Waals surface area (Å²) in [6, 6.07) is 31.8. The van der Waals surface area contributed by atoms with E-state index in [1.54, 1.807) is 0 Å². The van der Waals surface area contributed by atoms with Gasteiger partial charge in [0.1, 0.15) is 5.60 Å². The SMILES string of the molecule is C[Si](C)(C)O[Si](CCCOCCOCCOCCOCCOCCOCCOC(c1ccccc1)(c1ccccc1)c1ccccc1)(O[Si](C)(C)C)O[Si](C)(C)C. The van der Waals surface area contributed by atoms with Crippen LogP contribution in [-0.4, -0.2) is 120 Å². The molecular weight excluding hydrogens is 789 g/mol. The predicted molar refractivity (Wildman–Crippen MR) is 239 cm³/mol. The fraction of sp³-hybridized carbons (Fsp3) is 0.581. The maximum absolute atomic E-state index is 6.75. The molecule has 0 unspecified atom stereocenters. The van der Waals surface area contributed by atoms with E-state index in [-0.39, 0.29) is 0 Å². The lowest BCUT2D eigenvalue weighted by molar-refractivity contribution is -0.0395. The molecule has 0 saturated carbocycles. The minimum atomic E-state index is -2.82. The summed E-state index contributed by atoms with van der Waals surface area (Å²) in [6.07, 6.45) is 0.838. The number of hydrogen-bond donors (Lipinski definition) is 0. The first kappa shape index (κ1) is 49.5. The Hall–Kier alpha value is -1.87. The van der Waals surface area contributed by atoms with Crippen LogP contribution in [0.4, 0.5) is 0 Å². The van der Waals surface area contributed by atoms with Crippen LogP contribution in [0.3, 0.4) is 0 Å². The summed E-state index contributed by atoms with van der Waals surface area (Å²) >= 11 is 0. The molecule has 0 bridgehead atoms. The van der Waals surface area contributed by atoms with E-state index in [0.29, 0.717) is 85.9 Å². The molecule has 0 fully saturated rings. The summed E-state index contributed by atoms with van der Waals surface area (Å²) < 4.78 is 61.4. The van der Waals surface area contributed by atoms with Crippen molar-refractivity contribution in [3.8, 4) is 0 Å². The molecule has 0 radical (unpaired) electrons. The Kier molecular flexibility index (Phi) is 22.3. The van der Waals surface area contributed by atoms with Crippen LogP contribution in [0.25, 0.3) is 0 Å². The van der Waals surface area contributed by atoms with Gasteiger partial charge in [-0.05, 0) is 82.0 Å². The van der Waals surface area contributed by atoms with E-state index in [0.717, 1.165) is 29.2 Å². The van der Waals surface area contributed by atoms with Crippen LogP contribution in [0.1, 0.15) is 23.1 Å². The molecule has 3 aromatic carbocycles. The minimum absolute atomic E-state index is 0.418. The van der Waals surface area contributed by atoms with Gasteiger partial charge in [0.15, 0.2) is 25.0 Å². The van der Waals surface area contributed by atoms with Gasteiger partial charge in [-0.25, -0.2) is 0 Å². The van der Waals surface area contributed by atoms with Gasteiger partial charge in [0.2, 0.25) is 0 Å². The lowest BCUT2D eigenvalue weighted by Gasteiger charge is -2.42. The number of benzene rings is 3. The Morgan fingerprint density at radius 1 is 0.351 bits per heavy atom. The molecule has 0 saturated heterocycles. The second-order valence-corrected chi connectivity index (χ2v) is 33.7. The zero-order valence-electron chi connectivity index (χ0n) is 36.3. The third-order valence-electron chi connectivity index (χ3n) is 8.10. The quantitative estimate of drug-likeness (QED) is 0.0344. The molecule has 0 aliphatic heterocycles. The molecule has 320 valence electrons. The van der Waals surface area contributed by atoms with Gasteiger partial charge in [-0.1, -0.05) is 91.0 Å². The summed E-state index contributed by atoms with van der Waals surface area (Å²) in [5, 5.41) is 0. The summed E-state index contributed by atoms with van der Waals surface area (Å²) in [5.41, 5.74) is 2.46. The molecule has 0 heterocycles. The van der Waals surface area contributed by atoms with Crippen molar-refractivity contribution in [3.63, 3.8) is 0 Å². The van der Waals surface area contributed by atoms with Crippen LogP contribution in [0.2, 0.25) is 65.0 Å². The highest BCUT2D eigenvalue weighted by molar-refractivity contribution is 6.90. The molecule has 0 N–H and O–H groups in total. The van der Waals surface area contributed by atoms with Crippen molar-refractivity contribution in [2.75, 3.05) is 85.9 Å². The van der Waals surface area contributed by atoms with Gasteiger partial charge in [-0.15, -0.1) is 0 Å². The predicted octanol–water partition coefficient (Wildman–Crippen LogP) is 8.98. The maximum Gasteiger partial charge on any atom is 0.469 e. The Morgan fingerprint density at radius 3 is 0.895 bits per heavy atom. The van der Waals surface area contributed by atoms with Gasteiger partial charge >= 0.3 is 8.80 Å². The molecule has 0 aliphatic rings. The van der Waals surface area contributed by atoms with E-state index in [1.165, 1.54) is 0 Å². The van der Waals surface area contributed by atoms with Crippen molar-refractivity contribution in [2.24, 2.45) is 0 Å². The molecule has 0 atom stereocenters. The first-order valence-corrected chi connectivity index (χ1v) is 32.7. The first-order chi connectivity index (χ1) is 27.1. The van der Waals surface area contributed by atoms with E-state index >= 15 is 0 Å². The van der Waals surface area contributed by atoms with Gasteiger partial charge < -0.3 is 45.5 Å². The molecular formula is C43H72O10Si4. The second kappa shape index (κ2) is 25.7. The van der Waals surface area contributed by atoms with Crippen LogP contribution in [0.5, 0.6) is 0 Å². The van der Waals surface area contributed by atoms with Crippen LogP contribution in [0, 0.1) is 0 Å². The first-order valence-electron chi connectivity index (χ1n) is 20.5. The van der Waals surface area contributed by atoms with Crippen molar-refractivity contribution in [2.45, 2.75) is 77.0 Å². The minimum Gasteiger partial charge on any atom is -0.417 e. The molecule has 3 aromatic rings. The molecule has 57 heavy (non-hydrogen) atoms. The molecule has 0 aliphatic carbocycles. The number of hydrogen-bond acceptors (Lipinski definition) is 10. The Labute approximate surface area is 348 Å². The highest BCUT2D eigenvalue weighted by Gasteiger charge is 2.49. The normalized spacial score (nSPS) is 13.0. The van der Waals surface area contributed by atoms with E-state index < -0.39 is 39.4 Å². The second-order valence-electron chi connectivity index (χ2n) is 16.7. The number of rotatable bonds is 32. The van der Waals surface area contributed by atoms with Crippen LogP contribution >= 0.6 is 0 Å². The van der Waals surface area contributed by atoms with E-state index in [2.05, 4.69) is 95.3 Å². The third-order valence-corrected chi connectivity index (χ3v) is 20.2. The molecule has 10 nitrogen and oxygen atoms in total. The van der Waals surface area contributed by atoms with E-state index in [1.807, 2.05) is 54.6 Å².